The van der Waals surface area contributed by atoms with Crippen LogP contribution in [-0.2, 0) is 5.41 Å². The van der Waals surface area contributed by atoms with Crippen LogP contribution in [0.4, 0.5) is 10.6 Å². The van der Waals surface area contributed by atoms with Crippen molar-refractivity contribution in [3.05, 3.63) is 41.6 Å². The summed E-state index contributed by atoms with van der Waals surface area (Å²) in [6.07, 6.45) is 0. The van der Waals surface area contributed by atoms with Gasteiger partial charge in [0.2, 0.25) is 0 Å². The Labute approximate surface area is 142 Å². The van der Waals surface area contributed by atoms with Crippen LogP contribution in [-0.4, -0.2) is 33.6 Å². The van der Waals surface area contributed by atoms with Crippen LogP contribution in [0.2, 0.25) is 0 Å². The molecule has 24 heavy (non-hydrogen) atoms. The van der Waals surface area contributed by atoms with Gasteiger partial charge in [0.05, 0.1) is 24.0 Å². The number of aliphatic hydroxyl groups excluding tert-OH is 1. The van der Waals surface area contributed by atoms with E-state index in [0.29, 0.717) is 5.82 Å². The van der Waals surface area contributed by atoms with E-state index in [1.165, 1.54) is 0 Å². The zero-order valence-electron chi connectivity index (χ0n) is 14.9. The van der Waals surface area contributed by atoms with Crippen molar-refractivity contribution >= 4 is 11.8 Å². The minimum Gasteiger partial charge on any atom is -0.394 e. The number of hydrogen-bond donors (Lipinski definition) is 3. The van der Waals surface area contributed by atoms with Crippen LogP contribution < -0.4 is 10.6 Å². The van der Waals surface area contributed by atoms with E-state index in [1.807, 2.05) is 37.3 Å². The number of urea groups is 1. The lowest BCUT2D eigenvalue weighted by molar-refractivity contribution is 0.229. The van der Waals surface area contributed by atoms with E-state index in [-0.39, 0.29) is 24.1 Å². The maximum atomic E-state index is 12.1. The maximum absolute atomic E-state index is 12.1. The SMILES string of the molecule is Cc1ccc(-n2nc(C(C)(C)C)cc2NC(=O)N[C@@H](C)CO)cc1. The predicted octanol–water partition coefficient (Wildman–Crippen LogP) is 2.98. The van der Waals surface area contributed by atoms with Crippen LogP contribution >= 0.6 is 0 Å². The van der Waals surface area contributed by atoms with Gasteiger partial charge in [-0.2, -0.15) is 5.10 Å². The van der Waals surface area contributed by atoms with Gasteiger partial charge in [0.1, 0.15) is 5.82 Å². The van der Waals surface area contributed by atoms with Crippen LogP contribution in [0.5, 0.6) is 0 Å². The fraction of sp³-hybridized carbons (Fsp3) is 0.444. The molecule has 0 bridgehead atoms. The molecule has 6 heteroatoms. The van der Waals surface area contributed by atoms with Crippen LogP contribution in [0.3, 0.4) is 0 Å². The highest BCUT2D eigenvalue weighted by Gasteiger charge is 2.21. The summed E-state index contributed by atoms with van der Waals surface area (Å²) in [7, 11) is 0. The van der Waals surface area contributed by atoms with Crippen LogP contribution in [0, 0.1) is 6.92 Å². The molecule has 1 aromatic heterocycles. The molecule has 2 aromatic rings. The van der Waals surface area contributed by atoms with Gasteiger partial charge < -0.3 is 10.4 Å². The van der Waals surface area contributed by atoms with Gasteiger partial charge in [-0.15, -0.1) is 0 Å². The van der Waals surface area contributed by atoms with Crippen molar-refractivity contribution in [2.24, 2.45) is 0 Å². The van der Waals surface area contributed by atoms with Gasteiger partial charge in [-0.25, -0.2) is 9.48 Å². The molecule has 0 fully saturated rings. The third kappa shape index (κ3) is 4.35. The van der Waals surface area contributed by atoms with Crippen LogP contribution in [0.15, 0.2) is 30.3 Å². The molecular weight excluding hydrogens is 304 g/mol. The first-order valence-electron chi connectivity index (χ1n) is 8.06. The number of amides is 2. The van der Waals surface area contributed by atoms with Gasteiger partial charge in [0.25, 0.3) is 0 Å². The number of nitrogens with zero attached hydrogens (tertiary/aromatic N) is 2. The van der Waals surface area contributed by atoms with Crippen molar-refractivity contribution in [3.8, 4) is 5.69 Å². The summed E-state index contributed by atoms with van der Waals surface area (Å²) >= 11 is 0. The number of nitrogens with one attached hydrogen (secondary N) is 2. The highest BCUT2D eigenvalue weighted by Crippen LogP contribution is 2.26. The number of aliphatic hydroxyl groups is 1. The van der Waals surface area contributed by atoms with Gasteiger partial charge in [-0.3, -0.25) is 5.32 Å². The molecule has 2 rings (SSSR count). The van der Waals surface area contributed by atoms with Gasteiger partial charge in [-0.1, -0.05) is 38.5 Å². The Bertz CT molecular complexity index is 699. The first-order chi connectivity index (χ1) is 11.2. The second-order valence-electron chi connectivity index (χ2n) is 7.09. The molecule has 0 aliphatic carbocycles. The number of aryl methyl sites for hydroxylation is 1. The molecule has 0 unspecified atom stereocenters. The lowest BCUT2D eigenvalue weighted by Gasteiger charge is -2.14. The zero-order valence-corrected chi connectivity index (χ0v) is 14.9. The fourth-order valence-corrected chi connectivity index (χ4v) is 2.14. The average molecular weight is 330 g/mol. The molecular formula is C18H26N4O2. The number of rotatable bonds is 4. The molecule has 0 aliphatic rings. The van der Waals surface area contributed by atoms with E-state index in [1.54, 1.807) is 11.6 Å². The number of anilines is 1. The number of carbonyl (C=O) groups is 1. The summed E-state index contributed by atoms with van der Waals surface area (Å²) in [5.41, 5.74) is 2.78. The smallest absolute Gasteiger partial charge is 0.320 e. The van der Waals surface area contributed by atoms with E-state index in [0.717, 1.165) is 16.9 Å². The topological polar surface area (TPSA) is 79.2 Å². The van der Waals surface area contributed by atoms with Gasteiger partial charge in [0, 0.05) is 11.5 Å². The van der Waals surface area contributed by atoms with Gasteiger partial charge >= 0.3 is 6.03 Å². The predicted molar refractivity (Wildman–Crippen MR) is 95.7 cm³/mol. The highest BCUT2D eigenvalue weighted by molar-refractivity contribution is 5.89. The van der Waals surface area contributed by atoms with Crippen LogP contribution in [0.25, 0.3) is 5.69 Å². The van der Waals surface area contributed by atoms with Crippen LogP contribution in [0.1, 0.15) is 39.0 Å². The first kappa shape index (κ1) is 18.0. The van der Waals surface area contributed by atoms with Gasteiger partial charge in [0.15, 0.2) is 0 Å². The lowest BCUT2D eigenvalue weighted by Crippen LogP contribution is -2.38. The molecule has 1 atom stereocenters. The Hall–Kier alpha value is -2.34. The molecule has 6 nitrogen and oxygen atoms in total. The monoisotopic (exact) mass is 330 g/mol. The normalized spacial score (nSPS) is 12.8. The molecule has 0 radical (unpaired) electrons. The number of hydrogen-bond acceptors (Lipinski definition) is 3. The molecule has 2 amide bonds. The largest absolute Gasteiger partial charge is 0.394 e. The van der Waals surface area contributed by atoms with E-state index >= 15 is 0 Å². The Morgan fingerprint density at radius 3 is 2.46 bits per heavy atom. The summed E-state index contributed by atoms with van der Waals surface area (Å²) in [6.45, 7) is 9.87. The third-order valence-corrected chi connectivity index (χ3v) is 3.65. The van der Waals surface area contributed by atoms with Crippen molar-refractivity contribution < 1.29 is 9.90 Å². The third-order valence-electron chi connectivity index (χ3n) is 3.65. The Morgan fingerprint density at radius 1 is 1.29 bits per heavy atom. The van der Waals surface area contributed by atoms with E-state index in [2.05, 4.69) is 36.5 Å². The summed E-state index contributed by atoms with van der Waals surface area (Å²) in [5.74, 6) is 0.589. The standard InChI is InChI=1S/C18H26N4O2/c1-12-6-8-14(9-7-12)22-16(10-15(21-22)18(3,4)5)20-17(24)19-13(2)11-23/h6-10,13,23H,11H2,1-5H3,(H2,19,20,24)/t13-/m0/s1. The van der Waals surface area contributed by atoms with Gasteiger partial charge in [-0.05, 0) is 26.0 Å². The van der Waals surface area contributed by atoms with Crippen molar-refractivity contribution in [1.29, 1.82) is 0 Å². The van der Waals surface area contributed by atoms with Crippen molar-refractivity contribution in [2.75, 3.05) is 11.9 Å². The molecule has 0 spiro atoms. The molecule has 0 aliphatic heterocycles. The molecule has 1 aromatic carbocycles. The second kappa shape index (κ2) is 7.05. The molecule has 0 saturated heterocycles. The lowest BCUT2D eigenvalue weighted by atomic mass is 9.92. The van der Waals surface area contributed by atoms with E-state index in [9.17, 15) is 4.79 Å². The molecule has 3 N–H and O–H groups in total. The average Bonchev–Trinajstić information content (AvgIpc) is 2.91. The van der Waals surface area contributed by atoms with Crippen molar-refractivity contribution in [1.82, 2.24) is 15.1 Å². The second-order valence-corrected chi connectivity index (χ2v) is 7.09. The highest BCUT2D eigenvalue weighted by atomic mass is 16.3. The van der Waals surface area contributed by atoms with Crippen molar-refractivity contribution in [2.45, 2.75) is 46.1 Å². The minimum absolute atomic E-state index is 0.113. The number of carbonyl (C=O) groups excluding carboxylic acids is 1. The summed E-state index contributed by atoms with van der Waals surface area (Å²) in [5, 5.41) is 19.2. The maximum Gasteiger partial charge on any atom is 0.320 e. The summed E-state index contributed by atoms with van der Waals surface area (Å²) < 4.78 is 1.73. The zero-order chi connectivity index (χ0) is 17.9. The minimum atomic E-state index is -0.370. The van der Waals surface area contributed by atoms with Crippen molar-refractivity contribution in [3.63, 3.8) is 0 Å². The van der Waals surface area contributed by atoms with E-state index in [4.69, 9.17) is 5.11 Å². The summed E-state index contributed by atoms with van der Waals surface area (Å²) in [4.78, 5) is 12.1. The van der Waals surface area contributed by atoms with E-state index < -0.39 is 0 Å². The Balaban J connectivity index is 2.36. The Morgan fingerprint density at radius 2 is 1.92 bits per heavy atom. The summed E-state index contributed by atoms with van der Waals surface area (Å²) in [6, 6.07) is 9.13. The number of benzene rings is 1. The number of aromatic nitrogens is 2. The quantitative estimate of drug-likeness (QED) is 0.806. The molecule has 130 valence electrons. The molecule has 1 heterocycles. The fourth-order valence-electron chi connectivity index (χ4n) is 2.14. The molecule has 0 saturated carbocycles. The first-order valence-corrected chi connectivity index (χ1v) is 8.06. The Kier molecular flexibility index (Phi) is 5.29.